The Morgan fingerprint density at radius 3 is 2.39 bits per heavy atom. The van der Waals surface area contributed by atoms with Gasteiger partial charge in [-0.15, -0.1) is 0 Å². The van der Waals surface area contributed by atoms with Crippen molar-refractivity contribution in [3.63, 3.8) is 0 Å². The topological polar surface area (TPSA) is 49.4 Å². The standard InChI is InChI=1S/C16H11Cl2FN2O2/c17-12-6-5-11(7-13(12)18)21-15(22)8-14(16(21)23)20-10-3-1-9(19)2-4-10/h1-7,14,20H,8H2/t14-/m0/s1. The van der Waals surface area contributed by atoms with Gasteiger partial charge in [0.25, 0.3) is 5.91 Å². The summed E-state index contributed by atoms with van der Waals surface area (Å²) in [4.78, 5) is 25.7. The van der Waals surface area contributed by atoms with Gasteiger partial charge < -0.3 is 5.32 Å². The second-order valence-electron chi connectivity index (χ2n) is 5.07. The number of nitrogens with one attached hydrogen (secondary N) is 1. The molecular weight excluding hydrogens is 342 g/mol. The van der Waals surface area contributed by atoms with Gasteiger partial charge in [0, 0.05) is 5.69 Å². The zero-order valence-corrected chi connectivity index (χ0v) is 13.2. The van der Waals surface area contributed by atoms with Crippen molar-refractivity contribution in [2.24, 2.45) is 0 Å². The van der Waals surface area contributed by atoms with E-state index in [1.807, 2.05) is 0 Å². The van der Waals surface area contributed by atoms with E-state index in [0.717, 1.165) is 4.90 Å². The number of imide groups is 1. The van der Waals surface area contributed by atoms with Crippen molar-refractivity contribution in [1.29, 1.82) is 0 Å². The lowest BCUT2D eigenvalue weighted by atomic mass is 10.2. The molecule has 23 heavy (non-hydrogen) atoms. The van der Waals surface area contributed by atoms with Gasteiger partial charge in [0.2, 0.25) is 5.91 Å². The number of anilines is 2. The van der Waals surface area contributed by atoms with E-state index in [0.29, 0.717) is 16.4 Å². The lowest BCUT2D eigenvalue weighted by molar-refractivity contribution is -0.121. The second-order valence-corrected chi connectivity index (χ2v) is 5.89. The maximum Gasteiger partial charge on any atom is 0.256 e. The van der Waals surface area contributed by atoms with Crippen LogP contribution in [0.5, 0.6) is 0 Å². The number of carbonyl (C=O) groups is 2. The molecule has 1 aliphatic rings. The average molecular weight is 353 g/mol. The summed E-state index contributed by atoms with van der Waals surface area (Å²) in [5.74, 6) is -1.10. The van der Waals surface area contributed by atoms with Crippen LogP contribution in [0.4, 0.5) is 15.8 Å². The molecule has 0 bridgehead atoms. The molecule has 4 nitrogen and oxygen atoms in total. The van der Waals surface area contributed by atoms with Crippen LogP contribution in [-0.2, 0) is 9.59 Å². The van der Waals surface area contributed by atoms with Gasteiger partial charge in [0.1, 0.15) is 11.9 Å². The van der Waals surface area contributed by atoms with Crippen LogP contribution in [0.15, 0.2) is 42.5 Å². The van der Waals surface area contributed by atoms with Crippen molar-refractivity contribution < 1.29 is 14.0 Å². The van der Waals surface area contributed by atoms with Crippen molar-refractivity contribution in [2.45, 2.75) is 12.5 Å². The molecule has 0 spiro atoms. The molecule has 1 atom stereocenters. The molecule has 2 aromatic rings. The first-order chi connectivity index (χ1) is 11.0. The molecule has 0 saturated carbocycles. The third kappa shape index (κ3) is 3.16. The molecule has 2 amide bonds. The minimum Gasteiger partial charge on any atom is -0.373 e. The average Bonchev–Trinajstić information content (AvgIpc) is 2.79. The Morgan fingerprint density at radius 2 is 1.74 bits per heavy atom. The molecule has 1 heterocycles. The van der Waals surface area contributed by atoms with E-state index >= 15 is 0 Å². The lowest BCUT2D eigenvalue weighted by Crippen LogP contribution is -2.34. The van der Waals surface area contributed by atoms with Gasteiger partial charge in [0.05, 0.1) is 22.2 Å². The highest BCUT2D eigenvalue weighted by Crippen LogP contribution is 2.30. The van der Waals surface area contributed by atoms with Gasteiger partial charge >= 0.3 is 0 Å². The number of nitrogens with zero attached hydrogens (tertiary/aromatic N) is 1. The summed E-state index contributed by atoms with van der Waals surface area (Å²) in [7, 11) is 0. The summed E-state index contributed by atoms with van der Waals surface area (Å²) in [6.07, 6.45) is 0.0104. The van der Waals surface area contributed by atoms with E-state index in [1.165, 1.54) is 36.4 Å². The monoisotopic (exact) mass is 352 g/mol. The Bertz CT molecular complexity index is 780. The fourth-order valence-corrected chi connectivity index (χ4v) is 2.68. The highest BCUT2D eigenvalue weighted by atomic mass is 35.5. The molecular formula is C16H11Cl2FN2O2. The number of hydrogen-bond donors (Lipinski definition) is 1. The smallest absolute Gasteiger partial charge is 0.256 e. The van der Waals surface area contributed by atoms with Crippen molar-refractivity contribution in [3.8, 4) is 0 Å². The van der Waals surface area contributed by atoms with Crippen LogP contribution in [0.3, 0.4) is 0 Å². The fourth-order valence-electron chi connectivity index (χ4n) is 2.39. The SMILES string of the molecule is O=C1C[C@H](Nc2ccc(F)cc2)C(=O)N1c1ccc(Cl)c(Cl)c1. The normalized spacial score (nSPS) is 17.7. The molecule has 3 rings (SSSR count). The Morgan fingerprint density at radius 1 is 1.04 bits per heavy atom. The van der Waals surface area contributed by atoms with Crippen molar-refractivity contribution in [3.05, 3.63) is 58.3 Å². The van der Waals surface area contributed by atoms with Crippen LogP contribution in [0.1, 0.15) is 6.42 Å². The van der Waals surface area contributed by atoms with Crippen LogP contribution in [-0.4, -0.2) is 17.9 Å². The number of benzene rings is 2. The summed E-state index contributed by atoms with van der Waals surface area (Å²) in [5, 5.41) is 3.54. The summed E-state index contributed by atoms with van der Waals surface area (Å²) >= 11 is 11.8. The predicted molar refractivity (Wildman–Crippen MR) is 87.4 cm³/mol. The van der Waals surface area contributed by atoms with Crippen LogP contribution >= 0.6 is 23.2 Å². The van der Waals surface area contributed by atoms with Gasteiger partial charge in [-0.1, -0.05) is 23.2 Å². The van der Waals surface area contributed by atoms with Crippen molar-refractivity contribution in [2.75, 3.05) is 10.2 Å². The Labute approximate surface area is 141 Å². The maximum absolute atomic E-state index is 12.9. The molecule has 0 radical (unpaired) electrons. The van der Waals surface area contributed by atoms with E-state index in [4.69, 9.17) is 23.2 Å². The number of amides is 2. The molecule has 0 aromatic heterocycles. The van der Waals surface area contributed by atoms with Crippen molar-refractivity contribution in [1.82, 2.24) is 0 Å². The van der Waals surface area contributed by atoms with Crippen LogP contribution in [0.2, 0.25) is 10.0 Å². The Hall–Kier alpha value is -2.11. The van der Waals surface area contributed by atoms with Crippen molar-refractivity contribution >= 4 is 46.4 Å². The fraction of sp³-hybridized carbons (Fsp3) is 0.125. The number of rotatable bonds is 3. The molecule has 118 valence electrons. The summed E-state index contributed by atoms with van der Waals surface area (Å²) < 4.78 is 12.9. The van der Waals surface area contributed by atoms with Gasteiger partial charge in [-0.2, -0.15) is 0 Å². The number of hydrogen-bond acceptors (Lipinski definition) is 3. The Kier molecular flexibility index (Phi) is 4.24. The lowest BCUT2D eigenvalue weighted by Gasteiger charge is -2.16. The van der Waals surface area contributed by atoms with Gasteiger partial charge in [-0.05, 0) is 42.5 Å². The zero-order valence-electron chi connectivity index (χ0n) is 11.7. The second kappa shape index (κ2) is 6.18. The minimum atomic E-state index is -0.706. The van der Waals surface area contributed by atoms with Crippen LogP contribution in [0.25, 0.3) is 0 Å². The Balaban J connectivity index is 1.82. The van der Waals surface area contributed by atoms with Crippen LogP contribution < -0.4 is 10.2 Å². The molecule has 7 heteroatoms. The number of carbonyl (C=O) groups excluding carboxylic acids is 2. The molecule has 0 unspecified atom stereocenters. The first-order valence-electron chi connectivity index (χ1n) is 6.79. The van der Waals surface area contributed by atoms with E-state index < -0.39 is 11.9 Å². The van der Waals surface area contributed by atoms with Gasteiger partial charge in [-0.3, -0.25) is 9.59 Å². The summed E-state index contributed by atoms with van der Waals surface area (Å²) in [6.45, 7) is 0. The molecule has 1 aliphatic heterocycles. The van der Waals surface area contributed by atoms with E-state index in [9.17, 15) is 14.0 Å². The zero-order chi connectivity index (χ0) is 16.6. The maximum atomic E-state index is 12.9. The molecule has 0 aliphatic carbocycles. The largest absolute Gasteiger partial charge is 0.373 e. The summed E-state index contributed by atoms with van der Waals surface area (Å²) in [6, 6.07) is 9.43. The predicted octanol–water partition coefficient (Wildman–Crippen LogP) is 3.88. The third-order valence-corrected chi connectivity index (χ3v) is 4.23. The van der Waals surface area contributed by atoms with E-state index in [2.05, 4.69) is 5.32 Å². The first-order valence-corrected chi connectivity index (χ1v) is 7.55. The number of halogens is 3. The third-order valence-electron chi connectivity index (χ3n) is 3.49. The first kappa shape index (κ1) is 15.8. The van der Waals surface area contributed by atoms with Gasteiger partial charge in [-0.25, -0.2) is 9.29 Å². The van der Waals surface area contributed by atoms with E-state index in [-0.39, 0.29) is 23.2 Å². The quantitative estimate of drug-likeness (QED) is 0.852. The van der Waals surface area contributed by atoms with E-state index in [1.54, 1.807) is 6.07 Å². The molecule has 2 aromatic carbocycles. The molecule has 1 fully saturated rings. The highest BCUT2D eigenvalue weighted by Gasteiger charge is 2.39. The molecule has 1 N–H and O–H groups in total. The summed E-state index contributed by atoms with van der Waals surface area (Å²) in [5.41, 5.74) is 0.936. The van der Waals surface area contributed by atoms with Gasteiger partial charge in [0.15, 0.2) is 0 Å². The molecule has 1 saturated heterocycles. The highest BCUT2D eigenvalue weighted by molar-refractivity contribution is 6.42. The minimum absolute atomic E-state index is 0.0104. The van der Waals surface area contributed by atoms with Crippen LogP contribution in [0, 0.1) is 5.82 Å².